The molecule has 0 aromatic carbocycles. The molecular formula is C13H23BrClN3. The molecule has 1 heterocycles. The van der Waals surface area contributed by atoms with Crippen molar-refractivity contribution in [2.45, 2.75) is 53.2 Å². The van der Waals surface area contributed by atoms with Gasteiger partial charge in [-0.05, 0) is 42.1 Å². The van der Waals surface area contributed by atoms with E-state index in [0.717, 1.165) is 29.7 Å². The summed E-state index contributed by atoms with van der Waals surface area (Å²) in [4.78, 5) is 0. The Balaban J connectivity index is 2.74. The van der Waals surface area contributed by atoms with E-state index in [4.69, 9.17) is 11.6 Å². The highest BCUT2D eigenvalue weighted by molar-refractivity contribution is 9.10. The molecule has 0 radical (unpaired) electrons. The third kappa shape index (κ3) is 3.72. The average Bonchev–Trinajstić information content (AvgIpc) is 2.70. The van der Waals surface area contributed by atoms with Crippen molar-refractivity contribution in [3.05, 3.63) is 15.9 Å². The van der Waals surface area contributed by atoms with Crippen molar-refractivity contribution < 1.29 is 0 Å². The van der Waals surface area contributed by atoms with Crippen LogP contribution in [0.1, 0.15) is 39.1 Å². The molecule has 18 heavy (non-hydrogen) atoms. The second-order valence-electron chi connectivity index (χ2n) is 4.68. The van der Waals surface area contributed by atoms with Crippen LogP contribution in [0.15, 0.2) is 4.47 Å². The van der Waals surface area contributed by atoms with Crippen molar-refractivity contribution >= 4 is 27.5 Å². The first-order chi connectivity index (χ1) is 8.54. The topological polar surface area (TPSA) is 29.9 Å². The predicted molar refractivity (Wildman–Crippen MR) is 81.2 cm³/mol. The fourth-order valence-corrected chi connectivity index (χ4v) is 2.75. The highest BCUT2D eigenvalue weighted by Gasteiger charge is 2.16. The maximum absolute atomic E-state index is 5.88. The monoisotopic (exact) mass is 335 g/mol. The Morgan fingerprint density at radius 2 is 2.06 bits per heavy atom. The highest BCUT2D eigenvalue weighted by Crippen LogP contribution is 2.22. The molecule has 1 N–H and O–H groups in total. The number of hydrogen-bond acceptors (Lipinski definition) is 2. The lowest BCUT2D eigenvalue weighted by molar-refractivity contribution is 0.420. The quantitative estimate of drug-likeness (QED) is 0.771. The van der Waals surface area contributed by atoms with Crippen LogP contribution in [-0.2, 0) is 19.5 Å². The summed E-state index contributed by atoms with van der Waals surface area (Å²) in [5, 5.41) is 8.12. The molecule has 0 aliphatic carbocycles. The van der Waals surface area contributed by atoms with Crippen LogP contribution >= 0.6 is 27.5 Å². The number of alkyl halides is 1. The lowest BCUT2D eigenvalue weighted by Crippen LogP contribution is -2.33. The van der Waals surface area contributed by atoms with Crippen LogP contribution in [0.2, 0.25) is 0 Å². The second kappa shape index (κ2) is 7.51. The van der Waals surface area contributed by atoms with Gasteiger partial charge in [0, 0.05) is 25.0 Å². The van der Waals surface area contributed by atoms with Gasteiger partial charge in [0.15, 0.2) is 0 Å². The molecule has 0 aliphatic heterocycles. The second-order valence-corrected chi connectivity index (χ2v) is 5.78. The molecule has 0 saturated heterocycles. The van der Waals surface area contributed by atoms with Gasteiger partial charge in [-0.1, -0.05) is 13.8 Å². The summed E-state index contributed by atoms with van der Waals surface area (Å²) in [5.74, 6) is 1.15. The number of hydrogen-bond donors (Lipinski definition) is 1. The molecule has 1 aromatic rings. The van der Waals surface area contributed by atoms with E-state index in [1.807, 2.05) is 0 Å². The van der Waals surface area contributed by atoms with E-state index in [1.54, 1.807) is 0 Å². The third-order valence-corrected chi connectivity index (χ3v) is 4.78. The molecule has 0 aliphatic rings. The van der Waals surface area contributed by atoms with Gasteiger partial charge in [0.05, 0.1) is 15.9 Å². The van der Waals surface area contributed by atoms with Crippen LogP contribution in [0.3, 0.4) is 0 Å². The normalized spacial score (nSPS) is 14.8. The van der Waals surface area contributed by atoms with Crippen molar-refractivity contribution in [1.29, 1.82) is 0 Å². The average molecular weight is 337 g/mol. The fraction of sp³-hybridized carbons (Fsp3) is 0.769. The molecule has 104 valence electrons. The highest BCUT2D eigenvalue weighted by atomic mass is 79.9. The smallest absolute Gasteiger partial charge is 0.0767 e. The van der Waals surface area contributed by atoms with Gasteiger partial charge in [-0.2, -0.15) is 5.10 Å². The minimum Gasteiger partial charge on any atom is -0.308 e. The minimum atomic E-state index is 0.402. The van der Waals surface area contributed by atoms with Crippen molar-refractivity contribution in [2.24, 2.45) is 5.92 Å². The van der Waals surface area contributed by atoms with E-state index in [2.05, 4.69) is 58.7 Å². The summed E-state index contributed by atoms with van der Waals surface area (Å²) in [6.45, 7) is 10.3. The number of aromatic nitrogens is 2. The lowest BCUT2D eigenvalue weighted by Gasteiger charge is -2.19. The Hall–Kier alpha value is -0.0600. The summed E-state index contributed by atoms with van der Waals surface area (Å²) in [6.07, 6.45) is 0.953. The first kappa shape index (κ1) is 16.0. The zero-order chi connectivity index (χ0) is 13.7. The summed E-state index contributed by atoms with van der Waals surface area (Å²) in [7, 11) is 0. The van der Waals surface area contributed by atoms with E-state index in [0.29, 0.717) is 17.8 Å². The molecular weight excluding hydrogens is 314 g/mol. The molecule has 1 rings (SSSR count). The minimum absolute atomic E-state index is 0.402. The van der Waals surface area contributed by atoms with Gasteiger partial charge in [-0.15, -0.1) is 11.6 Å². The molecule has 0 fully saturated rings. The molecule has 0 saturated carbocycles. The predicted octanol–water partition coefficient (Wildman–Crippen LogP) is 3.58. The van der Waals surface area contributed by atoms with Crippen LogP contribution in [0, 0.1) is 5.92 Å². The summed E-state index contributed by atoms with van der Waals surface area (Å²) in [5.41, 5.74) is 2.36. The van der Waals surface area contributed by atoms with Gasteiger partial charge < -0.3 is 5.32 Å². The van der Waals surface area contributed by atoms with Crippen LogP contribution in [0.25, 0.3) is 0 Å². The largest absolute Gasteiger partial charge is 0.308 e. The standard InChI is InChI=1S/C13H23BrClN3/c1-5-11-13(14)12(18(6-2)17-11)8-16-10(4)9(3)7-15/h9-10,16H,5-8H2,1-4H3. The Labute approximate surface area is 123 Å². The lowest BCUT2D eigenvalue weighted by atomic mass is 10.1. The zero-order valence-corrected chi connectivity index (χ0v) is 14.0. The van der Waals surface area contributed by atoms with Crippen molar-refractivity contribution in [2.75, 3.05) is 5.88 Å². The number of nitrogens with zero attached hydrogens (tertiary/aromatic N) is 2. The molecule has 0 bridgehead atoms. The SMILES string of the molecule is CCc1nn(CC)c(CNC(C)C(C)CCl)c1Br. The molecule has 3 nitrogen and oxygen atoms in total. The van der Waals surface area contributed by atoms with Crippen molar-refractivity contribution in [3.8, 4) is 0 Å². The Bertz CT molecular complexity index is 379. The van der Waals surface area contributed by atoms with Crippen LogP contribution in [0.4, 0.5) is 0 Å². The van der Waals surface area contributed by atoms with Gasteiger partial charge >= 0.3 is 0 Å². The summed E-state index contributed by atoms with van der Waals surface area (Å²) < 4.78 is 3.21. The molecule has 5 heteroatoms. The number of halogens is 2. The number of rotatable bonds is 7. The maximum atomic E-state index is 5.88. The van der Waals surface area contributed by atoms with E-state index in [1.165, 1.54) is 5.69 Å². The van der Waals surface area contributed by atoms with E-state index in [-0.39, 0.29) is 0 Å². The zero-order valence-electron chi connectivity index (χ0n) is 11.6. The summed E-state index contributed by atoms with van der Waals surface area (Å²) >= 11 is 9.54. The van der Waals surface area contributed by atoms with Gasteiger partial charge in [-0.25, -0.2) is 0 Å². The molecule has 0 spiro atoms. The summed E-state index contributed by atoms with van der Waals surface area (Å²) in [6, 6.07) is 0.402. The molecule has 2 unspecified atom stereocenters. The molecule has 1 aromatic heterocycles. The van der Waals surface area contributed by atoms with Crippen molar-refractivity contribution in [1.82, 2.24) is 15.1 Å². The molecule has 2 atom stereocenters. The van der Waals surface area contributed by atoms with E-state index in [9.17, 15) is 0 Å². The van der Waals surface area contributed by atoms with Gasteiger partial charge in [0.25, 0.3) is 0 Å². The van der Waals surface area contributed by atoms with Crippen LogP contribution < -0.4 is 5.32 Å². The Kier molecular flexibility index (Phi) is 6.67. The first-order valence-corrected chi connectivity index (χ1v) is 7.91. The van der Waals surface area contributed by atoms with Gasteiger partial charge in [-0.3, -0.25) is 4.68 Å². The maximum Gasteiger partial charge on any atom is 0.0767 e. The van der Waals surface area contributed by atoms with Gasteiger partial charge in [0.1, 0.15) is 0 Å². The Morgan fingerprint density at radius 3 is 2.56 bits per heavy atom. The first-order valence-electron chi connectivity index (χ1n) is 6.58. The number of aryl methyl sites for hydroxylation is 2. The van der Waals surface area contributed by atoms with Crippen LogP contribution in [0.5, 0.6) is 0 Å². The van der Waals surface area contributed by atoms with E-state index < -0.39 is 0 Å². The van der Waals surface area contributed by atoms with Gasteiger partial charge in [0.2, 0.25) is 0 Å². The molecule has 0 amide bonds. The fourth-order valence-electron chi connectivity index (χ4n) is 1.78. The Morgan fingerprint density at radius 1 is 1.39 bits per heavy atom. The number of nitrogens with one attached hydrogen (secondary N) is 1. The van der Waals surface area contributed by atoms with E-state index >= 15 is 0 Å². The van der Waals surface area contributed by atoms with Crippen LogP contribution in [-0.4, -0.2) is 21.7 Å². The van der Waals surface area contributed by atoms with Crippen molar-refractivity contribution in [3.63, 3.8) is 0 Å². The third-order valence-electron chi connectivity index (χ3n) is 3.38.